The predicted octanol–water partition coefficient (Wildman–Crippen LogP) is 4.65. The van der Waals surface area contributed by atoms with Crippen LogP contribution in [0.1, 0.15) is 46.9 Å². The number of anilines is 1. The molecule has 0 saturated heterocycles. The molecule has 0 bridgehead atoms. The van der Waals surface area contributed by atoms with Crippen LogP contribution in [0.2, 0.25) is 0 Å². The van der Waals surface area contributed by atoms with Gasteiger partial charge in [0.2, 0.25) is 5.91 Å². The van der Waals surface area contributed by atoms with Gasteiger partial charge in [-0.15, -0.1) is 11.3 Å². The standard InChI is InChI=1S/C26H26N2O3S/c29-24(13-14-28-21-8-3-4-9-22(21)31-17-25(28)30)27-26(23-10-5-15-32-23)20-12-11-18-6-1-2-7-19(18)16-20/h3-5,8-12,15-16,26H,1-2,6-7,13-14,17H2,(H,27,29). The molecule has 2 amide bonds. The molecule has 0 fully saturated rings. The second kappa shape index (κ2) is 9.17. The highest BCUT2D eigenvalue weighted by molar-refractivity contribution is 7.10. The van der Waals surface area contributed by atoms with Gasteiger partial charge in [-0.3, -0.25) is 9.59 Å². The van der Waals surface area contributed by atoms with Crippen molar-refractivity contribution in [3.8, 4) is 5.75 Å². The number of aryl methyl sites for hydroxylation is 2. The second-order valence-electron chi connectivity index (χ2n) is 8.30. The summed E-state index contributed by atoms with van der Waals surface area (Å²) < 4.78 is 5.50. The maximum atomic E-state index is 13.0. The van der Waals surface area contributed by atoms with Crippen LogP contribution in [0.25, 0.3) is 0 Å². The van der Waals surface area contributed by atoms with Crippen LogP contribution >= 0.6 is 11.3 Å². The summed E-state index contributed by atoms with van der Waals surface area (Å²) in [5.74, 6) is 0.483. The lowest BCUT2D eigenvalue weighted by Crippen LogP contribution is -2.41. The predicted molar refractivity (Wildman–Crippen MR) is 126 cm³/mol. The average molecular weight is 447 g/mol. The van der Waals surface area contributed by atoms with Gasteiger partial charge in [0, 0.05) is 17.8 Å². The Hall–Kier alpha value is -3.12. The Kier molecular flexibility index (Phi) is 5.95. The van der Waals surface area contributed by atoms with Crippen molar-refractivity contribution in [3.63, 3.8) is 0 Å². The van der Waals surface area contributed by atoms with Crippen molar-refractivity contribution in [3.05, 3.63) is 81.5 Å². The summed E-state index contributed by atoms with van der Waals surface area (Å²) in [6.07, 6.45) is 4.95. The van der Waals surface area contributed by atoms with Gasteiger partial charge in [0.1, 0.15) is 5.75 Å². The van der Waals surface area contributed by atoms with Crippen molar-refractivity contribution < 1.29 is 14.3 Å². The smallest absolute Gasteiger partial charge is 0.265 e. The minimum atomic E-state index is -0.178. The Labute approximate surface area is 192 Å². The summed E-state index contributed by atoms with van der Waals surface area (Å²) in [6.45, 7) is 0.331. The quantitative estimate of drug-likeness (QED) is 0.600. The summed E-state index contributed by atoms with van der Waals surface area (Å²) in [7, 11) is 0. The van der Waals surface area contributed by atoms with Gasteiger partial charge in [-0.1, -0.05) is 36.4 Å². The molecule has 3 aromatic rings. The van der Waals surface area contributed by atoms with E-state index in [9.17, 15) is 9.59 Å². The molecule has 2 aliphatic rings. The highest BCUT2D eigenvalue weighted by atomic mass is 32.1. The van der Waals surface area contributed by atoms with E-state index in [4.69, 9.17) is 4.74 Å². The summed E-state index contributed by atoms with van der Waals surface area (Å²) in [4.78, 5) is 28.2. The fraction of sp³-hybridized carbons (Fsp3) is 0.308. The monoisotopic (exact) mass is 446 g/mol. The number of thiophene rings is 1. The number of nitrogens with zero attached hydrogens (tertiary/aromatic N) is 1. The number of carbonyl (C=O) groups excluding carboxylic acids is 2. The first-order valence-electron chi connectivity index (χ1n) is 11.2. The summed E-state index contributed by atoms with van der Waals surface area (Å²) in [5, 5.41) is 5.26. The normalized spacial score (nSPS) is 16.0. The van der Waals surface area contributed by atoms with E-state index >= 15 is 0 Å². The van der Waals surface area contributed by atoms with Gasteiger partial charge in [-0.05, 0) is 66.0 Å². The van der Waals surface area contributed by atoms with E-state index < -0.39 is 0 Å². The van der Waals surface area contributed by atoms with E-state index in [-0.39, 0.29) is 30.9 Å². The molecule has 1 unspecified atom stereocenters. The molecule has 6 heteroatoms. The van der Waals surface area contributed by atoms with Crippen molar-refractivity contribution in [2.75, 3.05) is 18.1 Å². The van der Waals surface area contributed by atoms with E-state index in [1.54, 1.807) is 16.2 Å². The van der Waals surface area contributed by atoms with Gasteiger partial charge in [0.25, 0.3) is 5.91 Å². The van der Waals surface area contributed by atoms with Crippen molar-refractivity contribution in [2.45, 2.75) is 38.1 Å². The van der Waals surface area contributed by atoms with E-state index in [1.807, 2.05) is 35.7 Å². The largest absolute Gasteiger partial charge is 0.482 e. The zero-order valence-corrected chi connectivity index (χ0v) is 18.7. The highest BCUT2D eigenvalue weighted by Crippen LogP contribution is 2.32. The molecule has 2 aromatic carbocycles. The number of carbonyl (C=O) groups is 2. The van der Waals surface area contributed by atoms with E-state index in [0.717, 1.165) is 29.0 Å². The lowest BCUT2D eigenvalue weighted by molar-refractivity contribution is -0.122. The minimum absolute atomic E-state index is 0.00553. The van der Waals surface area contributed by atoms with Crippen LogP contribution in [0.3, 0.4) is 0 Å². The molecule has 5 rings (SSSR count). The lowest BCUT2D eigenvalue weighted by Gasteiger charge is -2.29. The fourth-order valence-electron chi connectivity index (χ4n) is 4.55. The zero-order valence-electron chi connectivity index (χ0n) is 17.9. The third kappa shape index (κ3) is 4.28. The molecule has 164 valence electrons. The van der Waals surface area contributed by atoms with Crippen LogP contribution < -0.4 is 15.0 Å². The third-order valence-electron chi connectivity index (χ3n) is 6.21. The fourth-order valence-corrected chi connectivity index (χ4v) is 5.36. The van der Waals surface area contributed by atoms with Gasteiger partial charge in [-0.2, -0.15) is 0 Å². The lowest BCUT2D eigenvalue weighted by atomic mass is 9.89. The minimum Gasteiger partial charge on any atom is -0.482 e. The molecule has 1 aromatic heterocycles. The van der Waals surface area contributed by atoms with Crippen LogP contribution in [0, 0.1) is 0 Å². The summed E-state index contributed by atoms with van der Waals surface area (Å²) >= 11 is 1.65. The number of hydrogen-bond donors (Lipinski definition) is 1. The molecule has 0 saturated carbocycles. The number of rotatable bonds is 6. The van der Waals surface area contributed by atoms with Crippen LogP contribution in [0.4, 0.5) is 5.69 Å². The molecule has 1 aliphatic carbocycles. The number of fused-ring (bicyclic) bond motifs is 2. The number of nitrogens with one attached hydrogen (secondary N) is 1. The van der Waals surface area contributed by atoms with Gasteiger partial charge in [0.15, 0.2) is 6.61 Å². The molecule has 1 N–H and O–H groups in total. The van der Waals surface area contributed by atoms with Crippen molar-refractivity contribution >= 4 is 28.8 Å². The highest BCUT2D eigenvalue weighted by Gasteiger charge is 2.26. The van der Waals surface area contributed by atoms with Gasteiger partial charge in [0.05, 0.1) is 11.7 Å². The second-order valence-corrected chi connectivity index (χ2v) is 9.28. The maximum Gasteiger partial charge on any atom is 0.265 e. The first-order valence-corrected chi connectivity index (χ1v) is 12.0. The van der Waals surface area contributed by atoms with Crippen LogP contribution in [-0.4, -0.2) is 25.0 Å². The molecule has 1 aliphatic heterocycles. The van der Waals surface area contributed by atoms with Gasteiger partial charge in [-0.25, -0.2) is 0 Å². The van der Waals surface area contributed by atoms with Crippen molar-refractivity contribution in [2.24, 2.45) is 0 Å². The Morgan fingerprint density at radius 2 is 1.91 bits per heavy atom. The van der Waals surface area contributed by atoms with Crippen molar-refractivity contribution in [1.82, 2.24) is 5.32 Å². The topological polar surface area (TPSA) is 58.6 Å². The SMILES string of the molecule is O=C(CCN1C(=O)COc2ccccc21)NC(c1ccc2c(c1)CCCC2)c1cccs1. The number of hydrogen-bond acceptors (Lipinski definition) is 4. The van der Waals surface area contributed by atoms with Crippen LogP contribution in [0.15, 0.2) is 60.0 Å². The zero-order chi connectivity index (χ0) is 21.9. The number of ether oxygens (including phenoxy) is 1. The molecule has 1 atom stereocenters. The first-order chi connectivity index (χ1) is 15.7. The molecule has 5 nitrogen and oxygen atoms in total. The average Bonchev–Trinajstić information content (AvgIpc) is 3.36. The summed E-state index contributed by atoms with van der Waals surface area (Å²) in [6, 6.07) is 18.0. The molecule has 0 spiro atoms. The Bertz CT molecular complexity index is 1130. The first kappa shape index (κ1) is 20.8. The maximum absolute atomic E-state index is 13.0. The molecule has 0 radical (unpaired) electrons. The Balaban J connectivity index is 1.32. The van der Waals surface area contributed by atoms with E-state index in [0.29, 0.717) is 12.3 Å². The molecular weight excluding hydrogens is 420 g/mol. The third-order valence-corrected chi connectivity index (χ3v) is 7.15. The Morgan fingerprint density at radius 1 is 1.06 bits per heavy atom. The van der Waals surface area contributed by atoms with Crippen LogP contribution in [-0.2, 0) is 22.4 Å². The van der Waals surface area contributed by atoms with Crippen molar-refractivity contribution in [1.29, 1.82) is 0 Å². The number of amides is 2. The molecular formula is C26H26N2O3S. The Morgan fingerprint density at radius 3 is 2.75 bits per heavy atom. The summed E-state index contributed by atoms with van der Waals surface area (Å²) in [5.41, 5.74) is 4.68. The van der Waals surface area contributed by atoms with E-state index in [2.05, 4.69) is 29.6 Å². The van der Waals surface area contributed by atoms with Gasteiger partial charge >= 0.3 is 0 Å². The number of para-hydroxylation sites is 2. The van der Waals surface area contributed by atoms with E-state index in [1.165, 1.54) is 24.0 Å². The van der Waals surface area contributed by atoms with Crippen LogP contribution in [0.5, 0.6) is 5.75 Å². The van der Waals surface area contributed by atoms with Gasteiger partial charge < -0.3 is 15.0 Å². The number of benzene rings is 2. The molecule has 2 heterocycles. The molecule has 32 heavy (non-hydrogen) atoms.